The quantitative estimate of drug-likeness (QED) is 0.0600. The molecule has 16 nitrogen and oxygen atoms in total. The van der Waals surface area contributed by atoms with Crippen molar-refractivity contribution in [1.29, 1.82) is 0 Å². The average molecular weight is 606 g/mol. The highest BCUT2D eigenvalue weighted by molar-refractivity contribution is 8.01. The normalized spacial score (nSPS) is 18.7. The van der Waals surface area contributed by atoms with Crippen molar-refractivity contribution in [3.05, 3.63) is 28.4 Å². The second-order valence-corrected chi connectivity index (χ2v) is 10.7. The molecule has 19 heteroatoms. The Bertz CT molecular complexity index is 1480. The van der Waals surface area contributed by atoms with Crippen LogP contribution in [0.2, 0.25) is 0 Å². The van der Waals surface area contributed by atoms with Crippen molar-refractivity contribution in [1.82, 2.24) is 35.4 Å². The van der Waals surface area contributed by atoms with Gasteiger partial charge in [0.1, 0.15) is 22.8 Å². The summed E-state index contributed by atoms with van der Waals surface area (Å²) in [7, 11) is 0. The Morgan fingerprint density at radius 2 is 2.20 bits per heavy atom. The Hall–Kier alpha value is -4.41. The van der Waals surface area contributed by atoms with Crippen molar-refractivity contribution in [2.75, 3.05) is 23.8 Å². The molecule has 0 spiro atoms. The maximum absolute atomic E-state index is 13.0. The molecule has 2 aliphatic heterocycles. The first-order chi connectivity index (χ1) is 19.2. The largest absolute Gasteiger partial charge is 0.481 e. The Morgan fingerprint density at radius 1 is 1.40 bits per heavy atom. The SMILES string of the molecule is C#CCO/N=C(/C(=O)NC1C(=O)N2C(C(=O)O)=C(CSc3nnnn3/C=C/CC(=O)O)CS[C@H]12)c1csc(N)n1. The first-order valence-corrected chi connectivity index (χ1v) is 14.0. The van der Waals surface area contributed by atoms with E-state index in [1.54, 1.807) is 0 Å². The number of thiazole rings is 1. The van der Waals surface area contributed by atoms with E-state index in [1.165, 1.54) is 34.1 Å². The van der Waals surface area contributed by atoms with Crippen LogP contribution in [0.5, 0.6) is 0 Å². The van der Waals surface area contributed by atoms with E-state index < -0.39 is 35.2 Å². The van der Waals surface area contributed by atoms with Crippen molar-refractivity contribution < 1.29 is 34.2 Å². The number of amides is 2. The predicted molar refractivity (Wildman–Crippen MR) is 144 cm³/mol. The van der Waals surface area contributed by atoms with Gasteiger partial charge in [-0.25, -0.2) is 9.78 Å². The van der Waals surface area contributed by atoms with E-state index in [4.69, 9.17) is 22.1 Å². The summed E-state index contributed by atoms with van der Waals surface area (Å²) in [6, 6.07) is -1.03. The molecule has 4 rings (SSSR count). The van der Waals surface area contributed by atoms with Crippen molar-refractivity contribution in [3.8, 4) is 12.3 Å². The average Bonchev–Trinajstić information content (AvgIpc) is 3.55. The molecule has 2 amide bonds. The van der Waals surface area contributed by atoms with E-state index in [0.29, 0.717) is 10.7 Å². The Kier molecular flexibility index (Phi) is 9.03. The zero-order valence-electron chi connectivity index (χ0n) is 20.2. The number of carboxylic acid groups (broad SMARTS) is 2. The van der Waals surface area contributed by atoms with Crippen LogP contribution in [0.4, 0.5) is 5.13 Å². The van der Waals surface area contributed by atoms with Gasteiger partial charge in [0.2, 0.25) is 5.16 Å². The predicted octanol–water partition coefficient (Wildman–Crippen LogP) is -0.458. The van der Waals surface area contributed by atoms with Crippen LogP contribution in [-0.4, -0.2) is 99.3 Å². The maximum atomic E-state index is 13.0. The van der Waals surface area contributed by atoms with Crippen LogP contribution >= 0.6 is 34.9 Å². The number of anilines is 1. The summed E-state index contributed by atoms with van der Waals surface area (Å²) in [6.07, 6.45) is 7.67. The number of carbonyl (C=O) groups excluding carboxylic acids is 2. The molecule has 5 N–H and O–H groups in total. The van der Waals surface area contributed by atoms with Crippen LogP contribution in [0.25, 0.3) is 6.20 Å². The van der Waals surface area contributed by atoms with Crippen LogP contribution in [-0.2, 0) is 24.0 Å². The van der Waals surface area contributed by atoms with E-state index in [1.807, 2.05) is 0 Å². The van der Waals surface area contributed by atoms with Gasteiger partial charge in [-0.05, 0) is 16.0 Å². The van der Waals surface area contributed by atoms with Crippen LogP contribution < -0.4 is 11.1 Å². The molecule has 0 bridgehead atoms. The van der Waals surface area contributed by atoms with Crippen molar-refractivity contribution in [2.45, 2.75) is 23.0 Å². The second-order valence-electron chi connectivity index (χ2n) is 7.78. The van der Waals surface area contributed by atoms with Crippen LogP contribution in [0, 0.1) is 12.3 Å². The number of oxime groups is 1. The fourth-order valence-corrected chi connectivity index (χ4v) is 6.41. The topological polar surface area (TPSA) is 228 Å². The zero-order chi connectivity index (χ0) is 28.8. The molecule has 0 aliphatic carbocycles. The molecule has 2 aliphatic rings. The third-order valence-electron chi connectivity index (χ3n) is 5.20. The van der Waals surface area contributed by atoms with Crippen LogP contribution in [0.1, 0.15) is 12.1 Å². The summed E-state index contributed by atoms with van der Waals surface area (Å²) in [6.45, 7) is -0.205. The molecular weight excluding hydrogens is 586 g/mol. The number of terminal acetylenes is 1. The van der Waals surface area contributed by atoms with Gasteiger partial charge in [0.05, 0.1) is 6.42 Å². The van der Waals surface area contributed by atoms with Gasteiger partial charge in [0, 0.05) is 23.1 Å². The van der Waals surface area contributed by atoms with Crippen molar-refractivity contribution >= 4 is 75.7 Å². The van der Waals surface area contributed by atoms with E-state index in [9.17, 15) is 24.3 Å². The number of tetrazole rings is 1. The number of nitrogens with two attached hydrogens (primary N) is 1. The zero-order valence-corrected chi connectivity index (χ0v) is 22.6. The van der Waals surface area contributed by atoms with Gasteiger partial charge in [-0.1, -0.05) is 28.9 Å². The van der Waals surface area contributed by atoms with Gasteiger partial charge in [-0.2, -0.15) is 4.68 Å². The number of aromatic nitrogens is 5. The number of aliphatic carboxylic acids is 2. The Labute approximate surface area is 237 Å². The fourth-order valence-electron chi connectivity index (χ4n) is 3.52. The van der Waals surface area contributed by atoms with Crippen molar-refractivity contribution in [2.24, 2.45) is 5.16 Å². The first kappa shape index (κ1) is 28.6. The lowest BCUT2D eigenvalue weighted by molar-refractivity contribution is -0.150. The van der Waals surface area contributed by atoms with Gasteiger partial charge < -0.3 is 26.1 Å². The summed E-state index contributed by atoms with van der Waals surface area (Å²) in [4.78, 5) is 59.0. The molecule has 2 aromatic rings. The number of hydrogen-bond donors (Lipinski definition) is 4. The van der Waals surface area contributed by atoms with Gasteiger partial charge in [-0.15, -0.1) is 34.6 Å². The number of thioether (sulfide) groups is 2. The number of carbonyl (C=O) groups is 4. The summed E-state index contributed by atoms with van der Waals surface area (Å²) < 4.78 is 1.26. The smallest absolute Gasteiger partial charge is 0.352 e. The van der Waals surface area contributed by atoms with E-state index >= 15 is 0 Å². The summed E-state index contributed by atoms with van der Waals surface area (Å²) in [5.41, 5.74) is 5.80. The summed E-state index contributed by atoms with van der Waals surface area (Å²) in [5, 5.41) is 37.5. The number of fused-ring (bicyclic) bond motifs is 1. The minimum atomic E-state index is -1.30. The monoisotopic (exact) mass is 605 g/mol. The number of β-lactam (4-membered cyclic amide) rings is 1. The minimum Gasteiger partial charge on any atom is -0.481 e. The molecule has 0 saturated carbocycles. The van der Waals surface area contributed by atoms with Gasteiger partial charge in [0.25, 0.3) is 11.8 Å². The third-order valence-corrected chi connectivity index (χ3v) is 8.23. The van der Waals surface area contributed by atoms with Gasteiger partial charge in [0.15, 0.2) is 17.5 Å². The standard InChI is InChI=1S/C21H19N9O7S3/c1-2-6-37-26-13(11-9-39-20(22)23-11)16(33)24-14-17(34)30-15(19(35)36)10(7-38-18(14)30)8-40-21-25-27-28-29(21)5-3-4-12(31)32/h1,3,5,9,14,18H,4,6-8H2,(H2,22,23)(H,24,33)(H,31,32)(H,35,36)/b5-3+,26-13+/t14?,18-/m1/s1. The van der Waals surface area contributed by atoms with E-state index in [2.05, 4.69) is 36.9 Å². The molecule has 4 heterocycles. The van der Waals surface area contributed by atoms with Crippen molar-refractivity contribution in [3.63, 3.8) is 0 Å². The summed E-state index contributed by atoms with van der Waals surface area (Å²) in [5.74, 6) is -1.11. The molecule has 2 aromatic heterocycles. The number of nitrogens with one attached hydrogen (secondary N) is 1. The molecule has 0 radical (unpaired) electrons. The fraction of sp³-hybridized carbons (Fsp3) is 0.286. The molecular formula is C21H19N9O7S3. The van der Waals surface area contributed by atoms with Crippen LogP contribution in [0.3, 0.4) is 0 Å². The molecule has 0 aromatic carbocycles. The first-order valence-electron chi connectivity index (χ1n) is 11.1. The highest BCUT2D eigenvalue weighted by Gasteiger charge is 2.54. The number of hydrogen-bond acceptors (Lipinski definition) is 14. The Morgan fingerprint density at radius 3 is 2.88 bits per heavy atom. The number of carboxylic acids is 2. The van der Waals surface area contributed by atoms with Crippen LogP contribution in [0.15, 0.2) is 33.0 Å². The second kappa shape index (κ2) is 12.6. The Balaban J connectivity index is 1.47. The molecule has 1 unspecified atom stereocenters. The molecule has 208 valence electrons. The third kappa shape index (κ3) is 6.24. The highest BCUT2D eigenvalue weighted by Crippen LogP contribution is 2.41. The lowest BCUT2D eigenvalue weighted by atomic mass is 10.0. The number of nitrogen functional groups attached to an aromatic ring is 1. The highest BCUT2D eigenvalue weighted by atomic mass is 32.2. The van der Waals surface area contributed by atoms with E-state index in [0.717, 1.165) is 28.0 Å². The lowest BCUT2D eigenvalue weighted by Crippen LogP contribution is -2.71. The lowest BCUT2D eigenvalue weighted by Gasteiger charge is -2.49. The maximum Gasteiger partial charge on any atom is 0.352 e. The van der Waals surface area contributed by atoms with E-state index in [-0.39, 0.29) is 46.8 Å². The molecule has 1 fully saturated rings. The van der Waals surface area contributed by atoms with Gasteiger partial charge >= 0.3 is 11.9 Å². The molecule has 2 atom stereocenters. The molecule has 40 heavy (non-hydrogen) atoms. The minimum absolute atomic E-state index is 0.127. The van der Waals surface area contributed by atoms with Gasteiger partial charge in [-0.3, -0.25) is 19.3 Å². The molecule has 1 saturated heterocycles. The summed E-state index contributed by atoms with van der Waals surface area (Å²) >= 11 is 3.47. The number of nitrogens with zero attached hydrogens (tertiary/aromatic N) is 7. The number of rotatable bonds is 12.